The SMILES string of the molecule is CC(=O)C[C@@H]1COCCN1S(=O)(=O)c1c(C)cc([N+](=O)[O-])cc1C. The molecule has 2 rings (SSSR count). The van der Waals surface area contributed by atoms with Gasteiger partial charge >= 0.3 is 0 Å². The predicted octanol–water partition coefficient (Wildman–Crippen LogP) is 1.58. The van der Waals surface area contributed by atoms with E-state index in [-0.39, 0.29) is 42.5 Å². The van der Waals surface area contributed by atoms with E-state index in [2.05, 4.69) is 0 Å². The molecule has 1 heterocycles. The van der Waals surface area contributed by atoms with Gasteiger partial charge in [0.25, 0.3) is 5.69 Å². The first-order chi connectivity index (χ1) is 11.1. The molecule has 0 saturated carbocycles. The minimum absolute atomic E-state index is 0.0588. The van der Waals surface area contributed by atoms with E-state index in [1.165, 1.54) is 37.2 Å². The molecular formula is C15H20N2O6S. The van der Waals surface area contributed by atoms with Gasteiger partial charge in [-0.15, -0.1) is 0 Å². The molecule has 0 aromatic heterocycles. The van der Waals surface area contributed by atoms with E-state index in [1.54, 1.807) is 0 Å². The molecule has 1 saturated heterocycles. The summed E-state index contributed by atoms with van der Waals surface area (Å²) in [6.07, 6.45) is 0.0737. The Kier molecular flexibility index (Phi) is 5.36. The second-order valence-electron chi connectivity index (χ2n) is 5.92. The Morgan fingerprint density at radius 3 is 2.46 bits per heavy atom. The average molecular weight is 356 g/mol. The molecule has 24 heavy (non-hydrogen) atoms. The van der Waals surface area contributed by atoms with E-state index < -0.39 is 21.0 Å². The second kappa shape index (κ2) is 6.96. The summed E-state index contributed by atoms with van der Waals surface area (Å²) in [4.78, 5) is 21.9. The van der Waals surface area contributed by atoms with Gasteiger partial charge in [-0.2, -0.15) is 4.31 Å². The fraction of sp³-hybridized carbons (Fsp3) is 0.533. The highest BCUT2D eigenvalue weighted by Gasteiger charge is 2.36. The van der Waals surface area contributed by atoms with Crippen LogP contribution in [-0.2, 0) is 19.6 Å². The van der Waals surface area contributed by atoms with Crippen LogP contribution in [0.25, 0.3) is 0 Å². The number of carbonyl (C=O) groups excluding carboxylic acids is 1. The highest BCUT2D eigenvalue weighted by molar-refractivity contribution is 7.89. The summed E-state index contributed by atoms with van der Waals surface area (Å²) in [6, 6.07) is 1.94. The summed E-state index contributed by atoms with van der Waals surface area (Å²) in [5.41, 5.74) is 0.482. The standard InChI is InChI=1S/C15H20N2O6S/c1-10-6-13(17(19)20)7-11(2)15(10)24(21,22)16-4-5-23-9-14(16)8-12(3)18/h6-7,14H,4-5,8-9H2,1-3H3/t14-/m1/s1. The molecule has 1 aliphatic heterocycles. The van der Waals surface area contributed by atoms with Gasteiger partial charge in [-0.25, -0.2) is 8.42 Å². The molecule has 0 unspecified atom stereocenters. The first kappa shape index (κ1) is 18.5. The Morgan fingerprint density at radius 2 is 1.96 bits per heavy atom. The number of morpholine rings is 1. The van der Waals surface area contributed by atoms with Crippen molar-refractivity contribution >= 4 is 21.5 Å². The maximum atomic E-state index is 13.1. The molecule has 0 radical (unpaired) electrons. The van der Waals surface area contributed by atoms with E-state index in [9.17, 15) is 23.3 Å². The number of hydrogen-bond acceptors (Lipinski definition) is 6. The summed E-state index contributed by atoms with van der Waals surface area (Å²) in [5, 5.41) is 10.9. The summed E-state index contributed by atoms with van der Waals surface area (Å²) >= 11 is 0. The zero-order valence-electron chi connectivity index (χ0n) is 13.8. The summed E-state index contributed by atoms with van der Waals surface area (Å²) < 4.78 is 32.8. The molecule has 1 aromatic carbocycles. The van der Waals surface area contributed by atoms with Crippen LogP contribution in [0.2, 0.25) is 0 Å². The van der Waals surface area contributed by atoms with Gasteiger partial charge in [-0.05, 0) is 31.9 Å². The van der Waals surface area contributed by atoms with Crippen molar-refractivity contribution in [2.45, 2.75) is 38.1 Å². The molecular weight excluding hydrogens is 336 g/mol. The number of sulfonamides is 1. The van der Waals surface area contributed by atoms with E-state index in [0.29, 0.717) is 11.1 Å². The van der Waals surface area contributed by atoms with Crippen molar-refractivity contribution in [3.8, 4) is 0 Å². The first-order valence-electron chi connectivity index (χ1n) is 7.49. The van der Waals surface area contributed by atoms with Gasteiger partial charge in [0.15, 0.2) is 0 Å². The average Bonchev–Trinajstić information content (AvgIpc) is 2.45. The number of non-ortho nitro benzene ring substituents is 1. The van der Waals surface area contributed by atoms with Crippen molar-refractivity contribution in [2.75, 3.05) is 19.8 Å². The van der Waals surface area contributed by atoms with Crippen molar-refractivity contribution in [3.05, 3.63) is 33.4 Å². The number of hydrogen-bond donors (Lipinski definition) is 0. The zero-order chi connectivity index (χ0) is 18.1. The van der Waals surface area contributed by atoms with Crippen molar-refractivity contribution < 1.29 is 22.9 Å². The van der Waals surface area contributed by atoms with Crippen LogP contribution in [0.5, 0.6) is 0 Å². The van der Waals surface area contributed by atoms with Crippen LogP contribution in [0.15, 0.2) is 17.0 Å². The summed E-state index contributed by atoms with van der Waals surface area (Å²) in [5.74, 6) is -0.122. The number of nitrogens with zero attached hydrogens (tertiary/aromatic N) is 2. The predicted molar refractivity (Wildman–Crippen MR) is 86.4 cm³/mol. The number of Topliss-reactive ketones (excluding diaryl/α,β-unsaturated/α-hetero) is 1. The topological polar surface area (TPSA) is 107 Å². The maximum absolute atomic E-state index is 13.1. The number of benzene rings is 1. The molecule has 132 valence electrons. The van der Waals surface area contributed by atoms with Crippen LogP contribution < -0.4 is 0 Å². The van der Waals surface area contributed by atoms with Crippen LogP contribution in [0.4, 0.5) is 5.69 Å². The Morgan fingerprint density at radius 1 is 1.38 bits per heavy atom. The third-order valence-corrected chi connectivity index (χ3v) is 6.18. The quantitative estimate of drug-likeness (QED) is 0.585. The number of nitro benzene ring substituents is 1. The van der Waals surface area contributed by atoms with Crippen molar-refractivity contribution in [2.24, 2.45) is 0 Å². The van der Waals surface area contributed by atoms with Crippen molar-refractivity contribution in [3.63, 3.8) is 0 Å². The normalized spacial score (nSPS) is 19.2. The Labute approximate surface area is 140 Å². The minimum atomic E-state index is -3.88. The van der Waals surface area contributed by atoms with Gasteiger partial charge < -0.3 is 4.74 Å². The fourth-order valence-electron chi connectivity index (χ4n) is 3.01. The molecule has 9 heteroatoms. The minimum Gasteiger partial charge on any atom is -0.378 e. The third-order valence-electron chi connectivity index (χ3n) is 3.92. The lowest BCUT2D eigenvalue weighted by Gasteiger charge is -2.34. The molecule has 0 spiro atoms. The van der Waals surface area contributed by atoms with E-state index >= 15 is 0 Å². The third kappa shape index (κ3) is 3.63. The van der Waals surface area contributed by atoms with Crippen LogP contribution in [0, 0.1) is 24.0 Å². The lowest BCUT2D eigenvalue weighted by molar-refractivity contribution is -0.385. The number of aryl methyl sites for hydroxylation is 2. The Balaban J connectivity index is 2.49. The molecule has 0 aliphatic carbocycles. The first-order valence-corrected chi connectivity index (χ1v) is 8.93. The highest BCUT2D eigenvalue weighted by atomic mass is 32.2. The molecule has 0 bridgehead atoms. The second-order valence-corrected chi connectivity index (χ2v) is 7.74. The van der Waals surface area contributed by atoms with Crippen molar-refractivity contribution in [1.29, 1.82) is 0 Å². The summed E-state index contributed by atoms with van der Waals surface area (Å²) in [7, 11) is -3.88. The monoisotopic (exact) mass is 356 g/mol. The smallest absolute Gasteiger partial charge is 0.270 e. The number of nitro groups is 1. The van der Waals surface area contributed by atoms with Crippen LogP contribution in [0.3, 0.4) is 0 Å². The molecule has 1 atom stereocenters. The summed E-state index contributed by atoms with van der Waals surface area (Å²) in [6.45, 7) is 5.03. The van der Waals surface area contributed by atoms with Crippen LogP contribution >= 0.6 is 0 Å². The van der Waals surface area contributed by atoms with Gasteiger partial charge in [0.2, 0.25) is 10.0 Å². The number of rotatable bonds is 5. The Bertz CT molecular complexity index is 751. The molecule has 0 amide bonds. The van der Waals surface area contributed by atoms with Gasteiger partial charge in [0.05, 0.1) is 29.1 Å². The van der Waals surface area contributed by atoms with Gasteiger partial charge in [-0.1, -0.05) is 0 Å². The van der Waals surface area contributed by atoms with Gasteiger partial charge in [0.1, 0.15) is 5.78 Å². The molecule has 1 aromatic rings. The zero-order valence-corrected chi connectivity index (χ0v) is 14.6. The lowest BCUT2D eigenvalue weighted by atomic mass is 10.1. The number of carbonyl (C=O) groups is 1. The maximum Gasteiger partial charge on any atom is 0.270 e. The molecule has 8 nitrogen and oxygen atoms in total. The van der Waals surface area contributed by atoms with Crippen LogP contribution in [-0.4, -0.2) is 49.2 Å². The van der Waals surface area contributed by atoms with Crippen LogP contribution in [0.1, 0.15) is 24.5 Å². The highest BCUT2D eigenvalue weighted by Crippen LogP contribution is 2.30. The Hall–Kier alpha value is -1.84. The molecule has 1 aliphatic rings. The van der Waals surface area contributed by atoms with Gasteiger partial charge in [0, 0.05) is 25.1 Å². The molecule has 0 N–H and O–H groups in total. The number of ketones is 1. The number of ether oxygens (including phenoxy) is 1. The van der Waals surface area contributed by atoms with Crippen molar-refractivity contribution in [1.82, 2.24) is 4.31 Å². The largest absolute Gasteiger partial charge is 0.378 e. The van der Waals surface area contributed by atoms with E-state index in [1.807, 2.05) is 0 Å². The lowest BCUT2D eigenvalue weighted by Crippen LogP contribution is -2.49. The van der Waals surface area contributed by atoms with Gasteiger partial charge in [-0.3, -0.25) is 14.9 Å². The fourth-order valence-corrected chi connectivity index (χ4v) is 5.01. The van der Waals surface area contributed by atoms with E-state index in [0.717, 1.165) is 0 Å². The van der Waals surface area contributed by atoms with E-state index in [4.69, 9.17) is 4.74 Å². The molecule has 1 fully saturated rings.